The van der Waals surface area contributed by atoms with Gasteiger partial charge < -0.3 is 21.6 Å². The Morgan fingerprint density at radius 3 is 2.48 bits per heavy atom. The van der Waals surface area contributed by atoms with Crippen LogP contribution in [0.1, 0.15) is 29.9 Å². The number of amides is 2. The van der Waals surface area contributed by atoms with Crippen LogP contribution in [0.4, 0.5) is 0 Å². The van der Waals surface area contributed by atoms with Crippen molar-refractivity contribution in [2.45, 2.75) is 13.8 Å². The molecule has 0 radical (unpaired) electrons. The van der Waals surface area contributed by atoms with Gasteiger partial charge in [0, 0.05) is 18.3 Å². The Morgan fingerprint density at radius 1 is 1.38 bits per heavy atom. The molecule has 1 aromatic rings. The quantitative estimate of drug-likeness (QED) is 0.288. The second kappa shape index (κ2) is 7.22. The minimum absolute atomic E-state index is 0.0994. The summed E-state index contributed by atoms with van der Waals surface area (Å²) < 4.78 is 0. The Hall–Kier alpha value is -2.64. The fraction of sp³-hybridized carbons (Fsp3) is 0.385. The summed E-state index contributed by atoms with van der Waals surface area (Å²) in [6.45, 7) is 4.08. The van der Waals surface area contributed by atoms with Crippen LogP contribution in [0.15, 0.2) is 23.5 Å². The van der Waals surface area contributed by atoms with Gasteiger partial charge in [0.2, 0.25) is 5.91 Å². The summed E-state index contributed by atoms with van der Waals surface area (Å²) >= 11 is 0. The van der Waals surface area contributed by atoms with Crippen molar-refractivity contribution in [3.63, 3.8) is 0 Å². The fourth-order valence-corrected chi connectivity index (χ4v) is 1.74. The summed E-state index contributed by atoms with van der Waals surface area (Å²) in [4.78, 5) is 28.7. The molecule has 0 atom stereocenters. The second-order valence-corrected chi connectivity index (χ2v) is 4.96. The van der Waals surface area contributed by atoms with E-state index in [1.165, 1.54) is 23.2 Å². The average molecular weight is 293 g/mol. The zero-order valence-electron chi connectivity index (χ0n) is 12.0. The number of rotatable bonds is 6. The molecule has 0 aliphatic carbocycles. The monoisotopic (exact) mass is 293 g/mol. The Kier molecular flexibility index (Phi) is 5.65. The van der Waals surface area contributed by atoms with Crippen LogP contribution in [0.3, 0.4) is 0 Å². The molecule has 0 unspecified atom stereocenters. The van der Waals surface area contributed by atoms with Crippen molar-refractivity contribution in [2.75, 3.05) is 13.1 Å². The van der Waals surface area contributed by atoms with Gasteiger partial charge in [-0.2, -0.15) is 0 Å². The topological polar surface area (TPSA) is 135 Å². The Bertz CT molecular complexity index is 539. The molecule has 1 aromatic heterocycles. The minimum atomic E-state index is -0.586. The number of primary amides is 1. The molecule has 0 saturated carbocycles. The smallest absolute Gasteiger partial charge is 0.272 e. The molecule has 0 aliphatic heterocycles. The maximum atomic E-state index is 12.3. The van der Waals surface area contributed by atoms with Gasteiger partial charge in [-0.05, 0) is 18.1 Å². The Balaban J connectivity index is 2.95. The zero-order chi connectivity index (χ0) is 16.0. The number of hydrogen-bond acceptors (Lipinski definition) is 5. The summed E-state index contributed by atoms with van der Waals surface area (Å²) in [6, 6.07) is 2.96. The first-order valence-electron chi connectivity index (χ1n) is 6.36. The van der Waals surface area contributed by atoms with Crippen LogP contribution < -0.4 is 11.5 Å². The average Bonchev–Trinajstić information content (AvgIpc) is 2.44. The number of carbonyl (C=O) groups is 2. The van der Waals surface area contributed by atoms with E-state index in [4.69, 9.17) is 16.7 Å². The number of carbonyl (C=O) groups excluding carboxylic acids is 2. The lowest BCUT2D eigenvalue weighted by atomic mass is 10.2. The highest BCUT2D eigenvalue weighted by Crippen LogP contribution is 2.07. The molecule has 114 valence electrons. The predicted octanol–water partition coefficient (Wildman–Crippen LogP) is -0.240. The lowest BCUT2D eigenvalue weighted by Gasteiger charge is -2.22. The largest absolute Gasteiger partial charge is 0.409 e. The normalized spacial score (nSPS) is 11.5. The van der Waals surface area contributed by atoms with Crippen molar-refractivity contribution in [2.24, 2.45) is 22.5 Å². The third kappa shape index (κ3) is 4.75. The Labute approximate surface area is 122 Å². The van der Waals surface area contributed by atoms with E-state index in [2.05, 4.69) is 10.1 Å². The van der Waals surface area contributed by atoms with Gasteiger partial charge in [-0.25, -0.2) is 0 Å². The molecule has 1 heterocycles. The van der Waals surface area contributed by atoms with Gasteiger partial charge in [-0.1, -0.05) is 19.0 Å². The molecular formula is C13H19N5O3. The van der Waals surface area contributed by atoms with Gasteiger partial charge in [0.15, 0.2) is 5.84 Å². The van der Waals surface area contributed by atoms with Crippen LogP contribution in [0.2, 0.25) is 0 Å². The highest BCUT2D eigenvalue weighted by atomic mass is 16.4. The van der Waals surface area contributed by atoms with E-state index in [1.54, 1.807) is 0 Å². The molecule has 21 heavy (non-hydrogen) atoms. The number of nitrogens with two attached hydrogens (primary N) is 2. The van der Waals surface area contributed by atoms with Crippen molar-refractivity contribution < 1.29 is 14.8 Å². The van der Waals surface area contributed by atoms with Gasteiger partial charge in [-0.3, -0.25) is 14.6 Å². The summed E-state index contributed by atoms with van der Waals surface area (Å²) in [5.74, 6) is -0.895. The van der Waals surface area contributed by atoms with Crippen LogP contribution in [0.5, 0.6) is 0 Å². The minimum Gasteiger partial charge on any atom is -0.409 e. The van der Waals surface area contributed by atoms with Crippen molar-refractivity contribution in [1.82, 2.24) is 9.88 Å². The summed E-state index contributed by atoms with van der Waals surface area (Å²) in [7, 11) is 0. The molecular weight excluding hydrogens is 274 g/mol. The van der Waals surface area contributed by atoms with Crippen LogP contribution in [-0.2, 0) is 4.79 Å². The predicted molar refractivity (Wildman–Crippen MR) is 76.7 cm³/mol. The first-order valence-corrected chi connectivity index (χ1v) is 6.36. The number of nitrogens with zero attached hydrogens (tertiary/aromatic N) is 3. The molecule has 0 bridgehead atoms. The molecule has 5 N–H and O–H groups in total. The first-order chi connectivity index (χ1) is 9.85. The SMILES string of the molecule is CC(C)CN(CC(N)=O)C(=O)c1ccc(C(N)=NO)cn1. The van der Waals surface area contributed by atoms with Crippen molar-refractivity contribution in [3.8, 4) is 0 Å². The highest BCUT2D eigenvalue weighted by Gasteiger charge is 2.20. The van der Waals surface area contributed by atoms with Crippen LogP contribution in [0, 0.1) is 5.92 Å². The van der Waals surface area contributed by atoms with Crippen molar-refractivity contribution in [3.05, 3.63) is 29.6 Å². The number of aromatic nitrogens is 1. The van der Waals surface area contributed by atoms with E-state index >= 15 is 0 Å². The van der Waals surface area contributed by atoms with E-state index < -0.39 is 11.8 Å². The van der Waals surface area contributed by atoms with E-state index in [1.807, 2.05) is 13.8 Å². The molecule has 8 heteroatoms. The molecule has 0 aromatic carbocycles. The second-order valence-electron chi connectivity index (χ2n) is 4.96. The summed E-state index contributed by atoms with van der Waals surface area (Å²) in [6.07, 6.45) is 1.32. The van der Waals surface area contributed by atoms with Gasteiger partial charge in [0.1, 0.15) is 5.69 Å². The maximum absolute atomic E-state index is 12.3. The molecule has 8 nitrogen and oxygen atoms in total. The first kappa shape index (κ1) is 16.4. The standard InChI is InChI=1S/C13H19N5O3/c1-8(2)6-18(7-11(14)19)13(20)10-4-3-9(5-16-10)12(15)17-21/h3-5,8,21H,6-7H2,1-2H3,(H2,14,19)(H2,15,17). The number of pyridine rings is 1. The van der Waals surface area contributed by atoms with Crippen LogP contribution in [-0.4, -0.2) is 45.8 Å². The number of oxime groups is 1. The summed E-state index contributed by atoms with van der Waals surface area (Å²) in [5, 5.41) is 11.4. The summed E-state index contributed by atoms with van der Waals surface area (Å²) in [5.41, 5.74) is 11.1. The number of amidine groups is 1. The maximum Gasteiger partial charge on any atom is 0.272 e. The highest BCUT2D eigenvalue weighted by molar-refractivity contribution is 5.98. The van der Waals surface area contributed by atoms with Crippen LogP contribution in [0.25, 0.3) is 0 Å². The third-order valence-electron chi connectivity index (χ3n) is 2.61. The lowest BCUT2D eigenvalue weighted by molar-refractivity contribution is -0.118. The van der Waals surface area contributed by atoms with E-state index in [9.17, 15) is 9.59 Å². The molecule has 0 saturated heterocycles. The van der Waals surface area contributed by atoms with E-state index in [0.717, 1.165) is 0 Å². The number of hydrogen-bond donors (Lipinski definition) is 3. The van der Waals surface area contributed by atoms with E-state index in [0.29, 0.717) is 12.1 Å². The molecule has 0 aliphatic rings. The van der Waals surface area contributed by atoms with E-state index in [-0.39, 0.29) is 24.0 Å². The Morgan fingerprint density at radius 2 is 2.05 bits per heavy atom. The molecule has 2 amide bonds. The zero-order valence-corrected chi connectivity index (χ0v) is 12.0. The van der Waals surface area contributed by atoms with Gasteiger partial charge in [0.05, 0.1) is 6.54 Å². The lowest BCUT2D eigenvalue weighted by Crippen LogP contribution is -2.40. The van der Waals surface area contributed by atoms with Gasteiger partial charge in [-0.15, -0.1) is 0 Å². The molecule has 0 spiro atoms. The van der Waals surface area contributed by atoms with Crippen LogP contribution >= 0.6 is 0 Å². The van der Waals surface area contributed by atoms with Crippen molar-refractivity contribution >= 4 is 17.6 Å². The van der Waals surface area contributed by atoms with Gasteiger partial charge in [0.25, 0.3) is 5.91 Å². The fourth-order valence-electron chi connectivity index (χ4n) is 1.74. The molecule has 0 fully saturated rings. The third-order valence-corrected chi connectivity index (χ3v) is 2.61. The van der Waals surface area contributed by atoms with Crippen molar-refractivity contribution in [1.29, 1.82) is 0 Å². The molecule has 1 rings (SSSR count). The van der Waals surface area contributed by atoms with Gasteiger partial charge >= 0.3 is 0 Å².